The van der Waals surface area contributed by atoms with E-state index in [-0.39, 0.29) is 69.7 Å². The summed E-state index contributed by atoms with van der Waals surface area (Å²) in [5.74, 6) is -3.25. The fourth-order valence-corrected chi connectivity index (χ4v) is 7.63. The van der Waals surface area contributed by atoms with Crippen molar-refractivity contribution in [3.63, 3.8) is 0 Å². The SMILES string of the molecule is COc1ccc(N=Nc2cc(OCCO)c(N=Nc3c(S(=O)(=O)O)cc4cc(N=NC5C(=O)N(c6ccc(S(=O)(=O)O)cc6)N=C5C(N)=O)ccc4c3O)cc2OCCO)c(S(=O)(=O)O)c1. The lowest BCUT2D eigenvalue weighted by Crippen LogP contribution is -2.35. The van der Waals surface area contributed by atoms with Crippen LogP contribution in [-0.4, -0.2) is 111 Å². The second-order valence-electron chi connectivity index (χ2n) is 13.2. The first-order valence-electron chi connectivity index (χ1n) is 18.3. The van der Waals surface area contributed by atoms with E-state index in [0.717, 1.165) is 48.5 Å². The first-order valence-corrected chi connectivity index (χ1v) is 22.6. The van der Waals surface area contributed by atoms with Gasteiger partial charge in [0.05, 0.1) is 36.6 Å². The van der Waals surface area contributed by atoms with Crippen molar-refractivity contribution in [1.82, 2.24) is 0 Å². The molecular weight excluding hydrogens is 939 g/mol. The number of benzene rings is 5. The molecule has 346 valence electrons. The van der Waals surface area contributed by atoms with Crippen molar-refractivity contribution in [3.05, 3.63) is 78.9 Å². The van der Waals surface area contributed by atoms with Gasteiger partial charge in [-0.05, 0) is 66.0 Å². The second kappa shape index (κ2) is 19.4. The predicted octanol–water partition coefficient (Wildman–Crippen LogP) is 4.21. The Morgan fingerprint density at radius 2 is 1.32 bits per heavy atom. The molecule has 5 aromatic carbocycles. The molecule has 0 radical (unpaired) electrons. The van der Waals surface area contributed by atoms with Crippen LogP contribution in [0, 0.1) is 0 Å². The van der Waals surface area contributed by atoms with Crippen LogP contribution in [0.15, 0.2) is 129 Å². The summed E-state index contributed by atoms with van der Waals surface area (Å²) in [6, 6.07) is 12.9. The van der Waals surface area contributed by atoms with Crippen LogP contribution in [0.4, 0.5) is 34.1 Å². The van der Waals surface area contributed by atoms with E-state index < -0.39 is 93.3 Å². The highest BCUT2D eigenvalue weighted by Gasteiger charge is 2.40. The zero-order valence-electron chi connectivity index (χ0n) is 33.5. The van der Waals surface area contributed by atoms with Crippen molar-refractivity contribution in [2.45, 2.75) is 20.7 Å². The lowest BCUT2D eigenvalue weighted by Gasteiger charge is -2.13. The number of phenols is 1. The largest absolute Gasteiger partial charge is 0.505 e. The van der Waals surface area contributed by atoms with Crippen LogP contribution in [0.3, 0.4) is 0 Å². The molecule has 0 fully saturated rings. The molecule has 0 saturated carbocycles. The van der Waals surface area contributed by atoms with E-state index in [9.17, 15) is 63.8 Å². The van der Waals surface area contributed by atoms with Gasteiger partial charge in [-0.25, -0.2) is 0 Å². The number of aromatic hydroxyl groups is 1. The molecule has 0 saturated heterocycles. The molecule has 1 aliphatic heterocycles. The third kappa shape index (κ3) is 10.8. The number of carbonyl (C=O) groups excluding carboxylic acids is 2. The van der Waals surface area contributed by atoms with Gasteiger partial charge in [0.1, 0.15) is 63.0 Å². The molecule has 66 heavy (non-hydrogen) atoms. The number of aliphatic hydroxyl groups excluding tert-OH is 2. The average molecular weight is 972 g/mol. The Balaban J connectivity index is 1.36. The normalized spacial score (nSPS) is 14.8. The van der Waals surface area contributed by atoms with Gasteiger partial charge < -0.3 is 35.3 Å². The summed E-state index contributed by atoms with van der Waals surface area (Å²) in [7, 11) is -13.3. The molecule has 0 aromatic heterocycles. The van der Waals surface area contributed by atoms with Crippen LogP contribution in [0.5, 0.6) is 23.0 Å². The number of nitrogens with zero attached hydrogens (tertiary/aromatic N) is 8. The molecule has 6 rings (SSSR count). The number of carbonyl (C=O) groups is 2. The molecule has 8 N–H and O–H groups in total. The summed E-state index contributed by atoms with van der Waals surface area (Å²) in [6.45, 7) is -1.71. The number of primary amides is 1. The number of anilines is 1. The fourth-order valence-electron chi connectivity index (χ4n) is 5.86. The van der Waals surface area contributed by atoms with E-state index in [4.69, 9.17) is 19.9 Å². The van der Waals surface area contributed by atoms with Crippen LogP contribution in [0.2, 0.25) is 0 Å². The molecule has 1 aliphatic rings. The van der Waals surface area contributed by atoms with Gasteiger partial charge >= 0.3 is 0 Å². The van der Waals surface area contributed by atoms with Crippen LogP contribution < -0.4 is 25.0 Å². The molecule has 0 spiro atoms. The Morgan fingerprint density at radius 3 is 1.86 bits per heavy atom. The smallest absolute Gasteiger partial charge is 0.296 e. The number of fused-ring (bicyclic) bond motifs is 1. The van der Waals surface area contributed by atoms with Crippen molar-refractivity contribution in [1.29, 1.82) is 0 Å². The summed E-state index contributed by atoms with van der Waals surface area (Å²) in [5, 5.41) is 58.5. The second-order valence-corrected chi connectivity index (χ2v) is 17.4. The fraction of sp³-hybridized carbons (Fsp3) is 0.162. The Labute approximate surface area is 372 Å². The lowest BCUT2D eigenvalue weighted by molar-refractivity contribution is -0.118. The van der Waals surface area contributed by atoms with E-state index in [1.165, 1.54) is 37.4 Å². The number of methoxy groups -OCH3 is 1. The van der Waals surface area contributed by atoms with Gasteiger partial charge in [-0.15, -0.1) is 20.5 Å². The molecule has 0 bridgehead atoms. The summed E-state index contributed by atoms with van der Waals surface area (Å²) in [5.41, 5.74) is 3.23. The van der Waals surface area contributed by atoms with Crippen molar-refractivity contribution in [2.24, 2.45) is 41.5 Å². The first kappa shape index (κ1) is 48.1. The molecule has 1 unspecified atom stereocenters. The lowest BCUT2D eigenvalue weighted by atomic mass is 10.1. The van der Waals surface area contributed by atoms with Gasteiger partial charge in [-0.3, -0.25) is 23.2 Å². The van der Waals surface area contributed by atoms with Gasteiger partial charge in [0.15, 0.2) is 11.5 Å². The Kier molecular flexibility index (Phi) is 14.1. The highest BCUT2D eigenvalue weighted by atomic mass is 32.2. The number of hydrogen-bond donors (Lipinski definition) is 7. The molecule has 29 heteroatoms. The van der Waals surface area contributed by atoms with E-state index in [0.29, 0.717) is 5.01 Å². The first-order chi connectivity index (χ1) is 31.1. The number of ether oxygens (including phenoxy) is 3. The highest BCUT2D eigenvalue weighted by molar-refractivity contribution is 7.86. The Bertz CT molecular complexity index is 3220. The number of azo groups is 3. The van der Waals surface area contributed by atoms with Gasteiger partial charge in [-0.2, -0.15) is 45.6 Å². The Hall–Kier alpha value is -7.38. The molecule has 26 nitrogen and oxygen atoms in total. The average Bonchev–Trinajstić information content (AvgIpc) is 3.60. The summed E-state index contributed by atoms with van der Waals surface area (Å²) in [4.78, 5) is 23.4. The molecule has 1 atom stereocenters. The number of rotatable bonds is 18. The number of aliphatic hydroxyl groups is 2. The number of nitrogens with two attached hydrogens (primary N) is 1. The third-order valence-corrected chi connectivity index (χ3v) is 11.5. The van der Waals surface area contributed by atoms with Gasteiger partial charge in [0, 0.05) is 23.6 Å². The zero-order valence-corrected chi connectivity index (χ0v) is 35.9. The molecule has 0 aliphatic carbocycles. The minimum Gasteiger partial charge on any atom is -0.505 e. The van der Waals surface area contributed by atoms with Gasteiger partial charge in [-0.1, -0.05) is 0 Å². The maximum atomic E-state index is 13.3. The summed E-state index contributed by atoms with van der Waals surface area (Å²) < 4.78 is 118. The minimum atomic E-state index is -5.21. The van der Waals surface area contributed by atoms with E-state index in [2.05, 4.69) is 35.8 Å². The topological polar surface area (TPSA) is 401 Å². The van der Waals surface area contributed by atoms with Crippen LogP contribution in [0.25, 0.3) is 10.8 Å². The predicted molar refractivity (Wildman–Crippen MR) is 227 cm³/mol. The summed E-state index contributed by atoms with van der Waals surface area (Å²) in [6.07, 6.45) is 0. The van der Waals surface area contributed by atoms with Gasteiger partial charge in [0.2, 0.25) is 6.04 Å². The highest BCUT2D eigenvalue weighted by Crippen LogP contribution is 2.45. The van der Waals surface area contributed by atoms with Crippen molar-refractivity contribution >= 4 is 92.8 Å². The van der Waals surface area contributed by atoms with Gasteiger partial charge in [0.25, 0.3) is 42.2 Å². The van der Waals surface area contributed by atoms with Crippen LogP contribution in [-0.2, 0) is 39.9 Å². The molecule has 2 amide bonds. The van der Waals surface area contributed by atoms with Crippen LogP contribution >= 0.6 is 0 Å². The molecular formula is C37H33N9O17S3. The maximum absolute atomic E-state index is 13.3. The minimum absolute atomic E-state index is 0.0245. The van der Waals surface area contributed by atoms with Crippen molar-refractivity contribution < 1.29 is 78.0 Å². The standard InChI is InChI=1S/C37H33N9O17S3/c1-61-22-5-9-25(30(16-22)65(55,56)57)40-41-26-17-29(63-13-11-48)27(18-28(26)62-12-10-47)42-43-32-31(66(58,59)60)15-19-14-20(2-8-24(19)35(32)49)39-44-34-33(36(38)50)45-46(37(34)51)21-3-6-23(7-4-21)64(52,53)54/h2-9,14-18,34,47-49H,10-13H2,1H3,(H2,38,50)(H,52,53,54)(H,55,56,57)(H,58,59,60). The molecule has 5 aromatic rings. The number of hydrazone groups is 1. The van der Waals surface area contributed by atoms with E-state index >= 15 is 0 Å². The van der Waals surface area contributed by atoms with Crippen molar-refractivity contribution in [3.8, 4) is 23.0 Å². The zero-order chi connectivity index (χ0) is 48.1. The van der Waals surface area contributed by atoms with E-state index in [1.54, 1.807) is 0 Å². The number of hydrogen-bond acceptors (Lipinski definition) is 21. The number of phenolic OH excluding ortho intramolecular Hbond substituents is 1. The third-order valence-electron chi connectivity index (χ3n) is 8.85. The van der Waals surface area contributed by atoms with E-state index in [1.807, 2.05) is 0 Å². The number of amides is 2. The maximum Gasteiger partial charge on any atom is 0.296 e. The Morgan fingerprint density at radius 1 is 0.727 bits per heavy atom. The quantitative estimate of drug-likeness (QED) is 0.0477. The monoisotopic (exact) mass is 971 g/mol. The summed E-state index contributed by atoms with van der Waals surface area (Å²) >= 11 is 0. The molecule has 1 heterocycles. The van der Waals surface area contributed by atoms with Crippen molar-refractivity contribution in [2.75, 3.05) is 38.5 Å². The van der Waals surface area contributed by atoms with Crippen LogP contribution in [0.1, 0.15) is 0 Å².